The number of hydrogen-bond donors (Lipinski definition) is 0. The Morgan fingerprint density at radius 1 is 1.09 bits per heavy atom. The molecule has 0 spiro atoms. The first kappa shape index (κ1) is 14.2. The number of aromatic nitrogens is 2. The minimum atomic E-state index is 0.886. The Bertz CT molecular complexity index is 779. The number of piperidine rings is 1. The number of benzene rings is 1. The molecule has 0 radical (unpaired) electrons. The van der Waals surface area contributed by atoms with Crippen molar-refractivity contribution in [1.82, 2.24) is 9.97 Å². The summed E-state index contributed by atoms with van der Waals surface area (Å²) >= 11 is 3.59. The van der Waals surface area contributed by atoms with E-state index in [-0.39, 0.29) is 0 Å². The molecule has 1 aromatic carbocycles. The molecule has 0 saturated carbocycles. The van der Waals surface area contributed by atoms with Crippen LogP contribution in [-0.4, -0.2) is 39.9 Å². The summed E-state index contributed by atoms with van der Waals surface area (Å²) in [6, 6.07) is 10.6. The van der Waals surface area contributed by atoms with E-state index in [1.54, 1.807) is 17.7 Å². The first-order chi connectivity index (χ1) is 10.8. The van der Waals surface area contributed by atoms with Gasteiger partial charge in [0.25, 0.3) is 0 Å². The summed E-state index contributed by atoms with van der Waals surface area (Å²) in [6.45, 7) is 2.22. The third-order valence-electron chi connectivity index (χ3n) is 4.27. The van der Waals surface area contributed by atoms with E-state index in [0.29, 0.717) is 0 Å². The van der Waals surface area contributed by atoms with Gasteiger partial charge in [-0.05, 0) is 0 Å². The Balaban J connectivity index is 1.83. The Hall–Kier alpha value is -1.38. The Labute approximate surface area is 142 Å². The molecule has 0 bridgehead atoms. The van der Waals surface area contributed by atoms with E-state index in [9.17, 15) is 0 Å². The molecule has 4 rings (SSSR count). The van der Waals surface area contributed by atoms with Gasteiger partial charge in [0.1, 0.15) is 0 Å². The van der Waals surface area contributed by atoms with Gasteiger partial charge in [-0.1, -0.05) is 0 Å². The molecular weight excluding hydrogens is 353 g/mol. The van der Waals surface area contributed by atoms with E-state index < -0.39 is 0 Å². The molecule has 3 nitrogen and oxygen atoms in total. The number of thiophene rings is 1. The fourth-order valence-corrected chi connectivity index (χ4v) is 4.58. The van der Waals surface area contributed by atoms with E-state index in [1.807, 2.05) is 16.9 Å². The van der Waals surface area contributed by atoms with Crippen molar-refractivity contribution in [2.24, 2.45) is 0 Å². The van der Waals surface area contributed by atoms with Crippen LogP contribution in [0, 0.1) is 0 Å². The summed E-state index contributed by atoms with van der Waals surface area (Å²) in [4.78, 5) is 12.7. The van der Waals surface area contributed by atoms with Gasteiger partial charge >= 0.3 is 143 Å². The summed E-state index contributed by atoms with van der Waals surface area (Å²) in [7, 11) is 0. The fourth-order valence-electron chi connectivity index (χ4n) is 3.04. The number of rotatable bonds is 2. The summed E-state index contributed by atoms with van der Waals surface area (Å²) in [5.41, 5.74) is 2.51. The molecule has 112 valence electrons. The van der Waals surface area contributed by atoms with Crippen molar-refractivity contribution in [2.45, 2.75) is 17.5 Å². The maximum atomic E-state index is 4.64. The second-order valence-corrected chi connectivity index (χ2v) is 8.55. The SMILES string of the molecule is [AsH2]C1CCN(c2ncnc3scc(-c4ccccc4)c23)CC1. The van der Waals surface area contributed by atoms with Gasteiger partial charge in [-0.25, -0.2) is 0 Å². The molecule has 1 unspecified atom stereocenters. The summed E-state index contributed by atoms with van der Waals surface area (Å²) in [5, 5.41) is 3.44. The molecule has 0 N–H and O–H groups in total. The van der Waals surface area contributed by atoms with Crippen LogP contribution in [0.25, 0.3) is 21.3 Å². The zero-order chi connectivity index (χ0) is 14.9. The number of anilines is 1. The van der Waals surface area contributed by atoms with Gasteiger partial charge in [0, 0.05) is 0 Å². The van der Waals surface area contributed by atoms with E-state index in [1.165, 1.54) is 29.4 Å². The molecule has 1 aliphatic heterocycles. The zero-order valence-electron chi connectivity index (χ0n) is 12.3. The van der Waals surface area contributed by atoms with Crippen molar-refractivity contribution in [3.63, 3.8) is 0 Å². The summed E-state index contributed by atoms with van der Waals surface area (Å²) in [6.07, 6.45) is 4.26. The van der Waals surface area contributed by atoms with Crippen LogP contribution in [0.15, 0.2) is 42.0 Å². The molecular formula is C17H18AsN3S. The maximum absolute atomic E-state index is 4.64. The Kier molecular flexibility index (Phi) is 3.89. The summed E-state index contributed by atoms with van der Waals surface area (Å²) in [5.74, 6) is 1.12. The van der Waals surface area contributed by atoms with Crippen LogP contribution in [0.1, 0.15) is 12.8 Å². The van der Waals surface area contributed by atoms with Gasteiger partial charge in [-0.3, -0.25) is 0 Å². The minimum absolute atomic E-state index is 0.886. The van der Waals surface area contributed by atoms with Gasteiger partial charge < -0.3 is 0 Å². The molecule has 2 aromatic heterocycles. The molecule has 22 heavy (non-hydrogen) atoms. The topological polar surface area (TPSA) is 29.0 Å². The van der Waals surface area contributed by atoms with Crippen molar-refractivity contribution >= 4 is 44.2 Å². The average Bonchev–Trinajstić information content (AvgIpc) is 3.00. The van der Waals surface area contributed by atoms with Crippen molar-refractivity contribution in [1.29, 1.82) is 0 Å². The van der Waals surface area contributed by atoms with Crippen molar-refractivity contribution in [3.05, 3.63) is 42.0 Å². The van der Waals surface area contributed by atoms with Crippen LogP contribution in [0.2, 0.25) is 4.71 Å². The average molecular weight is 371 g/mol. The van der Waals surface area contributed by atoms with Crippen LogP contribution < -0.4 is 4.90 Å². The van der Waals surface area contributed by atoms with Crippen molar-refractivity contribution < 1.29 is 0 Å². The summed E-state index contributed by atoms with van der Waals surface area (Å²) < 4.78 is 0.886. The second kappa shape index (κ2) is 6.02. The molecule has 1 aliphatic rings. The quantitative estimate of drug-likeness (QED) is 0.647. The van der Waals surface area contributed by atoms with Crippen molar-refractivity contribution in [3.8, 4) is 11.1 Å². The zero-order valence-corrected chi connectivity index (χ0v) is 15.5. The Morgan fingerprint density at radius 3 is 2.64 bits per heavy atom. The number of fused-ring (bicyclic) bond motifs is 1. The number of hydrogen-bond acceptors (Lipinski definition) is 4. The molecule has 1 saturated heterocycles. The molecule has 0 amide bonds. The van der Waals surface area contributed by atoms with Gasteiger partial charge in [-0.15, -0.1) is 0 Å². The van der Waals surface area contributed by atoms with Crippen LogP contribution in [0.3, 0.4) is 0 Å². The van der Waals surface area contributed by atoms with Gasteiger partial charge in [0.05, 0.1) is 0 Å². The predicted molar refractivity (Wildman–Crippen MR) is 96.6 cm³/mol. The number of nitrogens with zero attached hydrogens (tertiary/aromatic N) is 3. The van der Waals surface area contributed by atoms with Gasteiger partial charge in [0.15, 0.2) is 0 Å². The van der Waals surface area contributed by atoms with E-state index in [4.69, 9.17) is 0 Å². The molecule has 1 fully saturated rings. The van der Waals surface area contributed by atoms with Gasteiger partial charge in [0.2, 0.25) is 0 Å². The second-order valence-electron chi connectivity index (χ2n) is 5.72. The van der Waals surface area contributed by atoms with Crippen LogP contribution in [0.4, 0.5) is 5.82 Å². The Morgan fingerprint density at radius 2 is 1.86 bits per heavy atom. The fraction of sp³-hybridized carbons (Fsp3) is 0.294. The monoisotopic (exact) mass is 371 g/mol. The van der Waals surface area contributed by atoms with E-state index in [0.717, 1.165) is 28.4 Å². The molecule has 3 heterocycles. The molecule has 1 atom stereocenters. The molecule has 5 heteroatoms. The standard InChI is InChI=1S/C17H18AsN3S/c18-13-6-8-21(9-7-13)16-15-14(12-4-2-1-3-5-12)10-22-17(15)20-11-19-16/h1-5,10-11,13H,6-9,18H2. The van der Waals surface area contributed by atoms with Crippen LogP contribution in [0.5, 0.6) is 0 Å². The first-order valence-electron chi connectivity index (χ1n) is 7.61. The van der Waals surface area contributed by atoms with Crippen LogP contribution in [-0.2, 0) is 0 Å². The third-order valence-corrected chi connectivity index (χ3v) is 6.56. The van der Waals surface area contributed by atoms with E-state index in [2.05, 4.69) is 50.6 Å². The van der Waals surface area contributed by atoms with Crippen molar-refractivity contribution in [2.75, 3.05) is 18.0 Å². The molecule has 3 aromatic rings. The third kappa shape index (κ3) is 2.55. The normalized spacial score (nSPS) is 16.3. The van der Waals surface area contributed by atoms with Crippen LogP contribution >= 0.6 is 11.3 Å². The predicted octanol–water partition coefficient (Wildman–Crippen LogP) is 3.38. The van der Waals surface area contributed by atoms with Gasteiger partial charge in [-0.2, -0.15) is 0 Å². The first-order valence-corrected chi connectivity index (χ1v) is 9.89. The van der Waals surface area contributed by atoms with E-state index >= 15 is 0 Å². The molecule has 0 aliphatic carbocycles.